The Morgan fingerprint density at radius 1 is 1.23 bits per heavy atom. The number of halogens is 1. The summed E-state index contributed by atoms with van der Waals surface area (Å²) in [6.45, 7) is 7.90. The van der Waals surface area contributed by atoms with Crippen molar-refractivity contribution in [2.24, 2.45) is 11.7 Å². The topological polar surface area (TPSA) is 70.1 Å². The van der Waals surface area contributed by atoms with Crippen LogP contribution in [0.5, 0.6) is 5.75 Å². The van der Waals surface area contributed by atoms with Gasteiger partial charge in [-0.1, -0.05) is 33.3 Å². The van der Waals surface area contributed by atoms with E-state index in [1.54, 1.807) is 11.3 Å². The van der Waals surface area contributed by atoms with Gasteiger partial charge in [0.1, 0.15) is 5.75 Å². The molecule has 0 atom stereocenters. The zero-order valence-corrected chi connectivity index (χ0v) is 19.7. The van der Waals surface area contributed by atoms with Gasteiger partial charge in [0.2, 0.25) is 0 Å². The molecule has 0 bridgehead atoms. The van der Waals surface area contributed by atoms with Gasteiger partial charge in [-0.2, -0.15) is 0 Å². The largest absolute Gasteiger partial charge is 0.491 e. The van der Waals surface area contributed by atoms with Gasteiger partial charge in [0.15, 0.2) is 0 Å². The molecular weight excluding hydrogens is 418 g/mol. The van der Waals surface area contributed by atoms with Crippen molar-refractivity contribution in [1.82, 2.24) is 9.55 Å². The molecule has 2 heterocycles. The molecule has 0 spiro atoms. The number of benzene rings is 1. The van der Waals surface area contributed by atoms with Crippen molar-refractivity contribution >= 4 is 34.5 Å². The van der Waals surface area contributed by atoms with Crippen LogP contribution in [0.3, 0.4) is 0 Å². The van der Waals surface area contributed by atoms with Gasteiger partial charge in [0, 0.05) is 23.9 Å². The van der Waals surface area contributed by atoms with Crippen LogP contribution in [0.15, 0.2) is 33.9 Å². The van der Waals surface area contributed by atoms with Gasteiger partial charge in [-0.15, -0.1) is 23.7 Å². The quantitative estimate of drug-likeness (QED) is 0.444. The van der Waals surface area contributed by atoms with Crippen LogP contribution in [0.4, 0.5) is 0 Å². The maximum absolute atomic E-state index is 13.2. The normalized spacial score (nSPS) is 11.1. The number of hydrogen-bond donors (Lipinski definition) is 1. The van der Waals surface area contributed by atoms with Crippen LogP contribution >= 0.6 is 23.7 Å². The van der Waals surface area contributed by atoms with Crippen LogP contribution in [-0.2, 0) is 25.9 Å². The fourth-order valence-corrected chi connectivity index (χ4v) is 4.13. The van der Waals surface area contributed by atoms with E-state index in [-0.39, 0.29) is 24.5 Å². The average molecular weight is 450 g/mol. The molecule has 3 aromatic rings. The lowest BCUT2D eigenvalue weighted by Crippen LogP contribution is -2.28. The first-order chi connectivity index (χ1) is 14.0. The highest BCUT2D eigenvalue weighted by Crippen LogP contribution is 2.30. The van der Waals surface area contributed by atoms with Crippen molar-refractivity contribution in [3.63, 3.8) is 0 Å². The molecule has 0 unspecified atom stereocenters. The van der Waals surface area contributed by atoms with Gasteiger partial charge in [0.05, 0.1) is 28.9 Å². The minimum absolute atomic E-state index is 0. The second kappa shape index (κ2) is 11.5. The molecule has 2 N–H and O–H groups in total. The van der Waals surface area contributed by atoms with E-state index in [2.05, 4.69) is 37.2 Å². The third kappa shape index (κ3) is 5.62. The molecule has 0 aliphatic rings. The lowest BCUT2D eigenvalue weighted by molar-refractivity contribution is 0.304. The molecule has 0 aliphatic heterocycles. The molecule has 0 amide bonds. The van der Waals surface area contributed by atoms with Crippen LogP contribution < -0.4 is 16.0 Å². The predicted octanol–water partition coefficient (Wildman–Crippen LogP) is 4.96. The third-order valence-corrected chi connectivity index (χ3v) is 5.67. The van der Waals surface area contributed by atoms with Gasteiger partial charge < -0.3 is 15.0 Å². The lowest BCUT2D eigenvalue weighted by Gasteiger charge is -2.21. The standard InChI is InChI=1S/C23H31N3O2S.ClH/c1-4-5-10-28-22-20-11-17(6-8-18-14-29-15-25-18)7-9-19(20)23(27)26(13-16(2)3)21(22)12-24;/h7,9,11,14-16H,4-6,8,10,12-13,24H2,1-3H3;1H. The summed E-state index contributed by atoms with van der Waals surface area (Å²) < 4.78 is 8.02. The molecule has 30 heavy (non-hydrogen) atoms. The molecule has 5 nitrogen and oxygen atoms in total. The van der Waals surface area contributed by atoms with Gasteiger partial charge in [-0.25, -0.2) is 4.98 Å². The zero-order valence-electron chi connectivity index (χ0n) is 18.0. The fourth-order valence-electron chi connectivity index (χ4n) is 3.54. The Labute approximate surface area is 188 Å². The van der Waals surface area contributed by atoms with Crippen molar-refractivity contribution in [2.75, 3.05) is 6.61 Å². The Morgan fingerprint density at radius 2 is 2.03 bits per heavy atom. The SMILES string of the molecule is CCCCOc1c(CN)n(CC(C)C)c(=O)c2ccc(CCc3cscn3)cc12.Cl. The summed E-state index contributed by atoms with van der Waals surface area (Å²) in [4.78, 5) is 17.6. The third-order valence-electron chi connectivity index (χ3n) is 5.03. The van der Waals surface area contributed by atoms with Gasteiger partial charge in [-0.05, 0) is 42.9 Å². The van der Waals surface area contributed by atoms with Crippen LogP contribution in [0.1, 0.15) is 50.6 Å². The molecule has 3 rings (SSSR count). The Morgan fingerprint density at radius 3 is 2.67 bits per heavy atom. The van der Waals surface area contributed by atoms with Crippen molar-refractivity contribution in [3.8, 4) is 5.75 Å². The second-order valence-corrected chi connectivity index (χ2v) is 8.57. The van der Waals surface area contributed by atoms with Crippen molar-refractivity contribution < 1.29 is 4.74 Å². The predicted molar refractivity (Wildman–Crippen MR) is 128 cm³/mol. The number of aromatic nitrogens is 2. The zero-order chi connectivity index (χ0) is 20.8. The summed E-state index contributed by atoms with van der Waals surface area (Å²) >= 11 is 1.62. The first kappa shape index (κ1) is 24.4. The van der Waals surface area contributed by atoms with E-state index in [4.69, 9.17) is 10.5 Å². The van der Waals surface area contributed by atoms with Crippen molar-refractivity contribution in [1.29, 1.82) is 0 Å². The number of pyridine rings is 1. The van der Waals surface area contributed by atoms with Gasteiger partial charge in [0.25, 0.3) is 5.56 Å². The number of ether oxygens (including phenoxy) is 1. The highest BCUT2D eigenvalue weighted by molar-refractivity contribution is 7.07. The molecule has 2 aromatic heterocycles. The Balaban J connectivity index is 0.00000320. The summed E-state index contributed by atoms with van der Waals surface area (Å²) in [6, 6.07) is 6.09. The summed E-state index contributed by atoms with van der Waals surface area (Å²) in [6.07, 6.45) is 3.79. The summed E-state index contributed by atoms with van der Waals surface area (Å²) in [7, 11) is 0. The number of hydrogen-bond acceptors (Lipinski definition) is 5. The van der Waals surface area contributed by atoms with E-state index in [1.165, 1.54) is 5.56 Å². The van der Waals surface area contributed by atoms with Crippen LogP contribution in [0, 0.1) is 5.92 Å². The molecule has 0 aliphatic carbocycles. The number of rotatable bonds is 10. The molecule has 0 radical (unpaired) electrons. The second-order valence-electron chi connectivity index (χ2n) is 7.85. The molecule has 1 aromatic carbocycles. The van der Waals surface area contributed by atoms with E-state index in [0.717, 1.165) is 48.2 Å². The highest BCUT2D eigenvalue weighted by Gasteiger charge is 2.18. The number of unbranched alkanes of at least 4 members (excludes halogenated alkanes) is 1. The molecule has 0 saturated heterocycles. The van der Waals surface area contributed by atoms with Gasteiger partial charge in [-0.3, -0.25) is 4.79 Å². The maximum atomic E-state index is 13.2. The number of aryl methyl sites for hydroxylation is 2. The average Bonchev–Trinajstić information content (AvgIpc) is 3.23. The minimum Gasteiger partial charge on any atom is -0.491 e. The van der Waals surface area contributed by atoms with Crippen LogP contribution in [0.2, 0.25) is 0 Å². The highest BCUT2D eigenvalue weighted by atomic mass is 35.5. The van der Waals surface area contributed by atoms with Crippen LogP contribution in [0.25, 0.3) is 10.8 Å². The number of fused-ring (bicyclic) bond motifs is 1. The first-order valence-corrected chi connectivity index (χ1v) is 11.4. The lowest BCUT2D eigenvalue weighted by atomic mass is 10.0. The fraction of sp³-hybridized carbons (Fsp3) is 0.478. The first-order valence-electron chi connectivity index (χ1n) is 10.4. The van der Waals surface area contributed by atoms with Crippen molar-refractivity contribution in [2.45, 2.75) is 59.5 Å². The summed E-state index contributed by atoms with van der Waals surface area (Å²) in [5, 5.41) is 3.66. The van der Waals surface area contributed by atoms with E-state index in [1.807, 2.05) is 22.2 Å². The number of thiazole rings is 1. The van der Waals surface area contributed by atoms with Crippen molar-refractivity contribution in [3.05, 3.63) is 56.4 Å². The van der Waals surface area contributed by atoms with Gasteiger partial charge >= 0.3 is 0 Å². The van der Waals surface area contributed by atoms with Crippen LogP contribution in [-0.4, -0.2) is 16.2 Å². The Hall–Kier alpha value is -1.89. The molecular formula is C23H32ClN3O2S. The van der Waals surface area contributed by atoms with E-state index in [9.17, 15) is 4.79 Å². The Kier molecular flexibility index (Phi) is 9.34. The number of nitrogens with two attached hydrogens (primary N) is 1. The molecule has 164 valence electrons. The summed E-state index contributed by atoms with van der Waals surface area (Å²) in [5.74, 6) is 1.11. The minimum atomic E-state index is 0. The molecule has 0 saturated carbocycles. The maximum Gasteiger partial charge on any atom is 0.258 e. The Bertz CT molecular complexity index is 1000. The van der Waals surface area contributed by atoms with E-state index >= 15 is 0 Å². The number of nitrogens with zero attached hydrogens (tertiary/aromatic N) is 2. The van der Waals surface area contributed by atoms with E-state index < -0.39 is 0 Å². The molecule has 0 fully saturated rings. The summed E-state index contributed by atoms with van der Waals surface area (Å²) in [5.41, 5.74) is 11.1. The van der Waals surface area contributed by atoms with E-state index in [0.29, 0.717) is 24.5 Å². The smallest absolute Gasteiger partial charge is 0.258 e. The molecule has 7 heteroatoms. The monoisotopic (exact) mass is 449 g/mol.